The summed E-state index contributed by atoms with van der Waals surface area (Å²) in [5, 5.41) is 49.2. The Morgan fingerprint density at radius 1 is 0.359 bits per heavy atom. The van der Waals surface area contributed by atoms with Crippen molar-refractivity contribution in [1.82, 2.24) is 66.9 Å². The summed E-state index contributed by atoms with van der Waals surface area (Å²) in [7, 11) is 7.56. The number of aromatic nitrogens is 11. The number of hydrogen-bond donors (Lipinski definition) is 3. The highest BCUT2D eigenvalue weighted by atomic mass is 35.5. The maximum Gasteiger partial charge on any atom is 0.352 e. The highest BCUT2D eigenvalue weighted by Gasteiger charge is 2.37. The number of carbonyl (C=O) groups excluding carboxylic acids is 3. The lowest BCUT2D eigenvalue weighted by molar-refractivity contribution is 0.0675. The quantitative estimate of drug-likeness (QED) is 0.0368. The molecule has 8 aromatic carbocycles. The zero-order valence-electron chi connectivity index (χ0n) is 84.9. The summed E-state index contributed by atoms with van der Waals surface area (Å²) in [5.74, 6) is -0.805. The third-order valence-corrected chi connectivity index (χ3v) is 30.7. The molecular formula is C115H122Cl4N14O12. The number of carboxylic acids is 3. The van der Waals surface area contributed by atoms with Gasteiger partial charge in [0.1, 0.15) is 45.7 Å². The zero-order chi connectivity index (χ0) is 103. The Morgan fingerprint density at radius 3 is 1.11 bits per heavy atom. The molecule has 8 aromatic heterocycles. The van der Waals surface area contributed by atoms with Crippen LogP contribution in [0, 0.1) is 83.1 Å². The molecule has 3 N–H and O–H groups in total. The van der Waals surface area contributed by atoms with Crippen molar-refractivity contribution in [1.29, 1.82) is 0 Å². The van der Waals surface area contributed by atoms with Gasteiger partial charge in [-0.1, -0.05) is 131 Å². The van der Waals surface area contributed by atoms with Crippen molar-refractivity contribution in [3.63, 3.8) is 0 Å². The minimum Gasteiger partial charge on any atom is -0.494 e. The molecule has 0 atom stereocenters. The van der Waals surface area contributed by atoms with Gasteiger partial charge in [0.25, 0.3) is 17.7 Å². The van der Waals surface area contributed by atoms with Gasteiger partial charge in [-0.15, -0.1) is 0 Å². The number of halogens is 4. The number of rotatable bonds is 29. The van der Waals surface area contributed by atoms with Gasteiger partial charge in [0, 0.05) is 188 Å². The largest absolute Gasteiger partial charge is 0.494 e. The summed E-state index contributed by atoms with van der Waals surface area (Å²) in [6.45, 7) is 30.6. The van der Waals surface area contributed by atoms with E-state index in [2.05, 4.69) is 69.0 Å². The first-order valence-electron chi connectivity index (χ1n) is 49.3. The van der Waals surface area contributed by atoms with Gasteiger partial charge in [0.05, 0.1) is 64.0 Å². The highest BCUT2D eigenvalue weighted by Crippen LogP contribution is 2.47. The van der Waals surface area contributed by atoms with Gasteiger partial charge in [-0.25, -0.2) is 14.4 Å². The van der Waals surface area contributed by atoms with Crippen LogP contribution >= 0.6 is 46.4 Å². The van der Waals surface area contributed by atoms with Crippen LogP contribution in [0.2, 0.25) is 20.1 Å². The number of carboxylic acid groups (broad SMARTS) is 3. The number of benzene rings is 8. The first-order valence-corrected chi connectivity index (χ1v) is 50.8. The Morgan fingerprint density at radius 2 is 0.724 bits per heavy atom. The van der Waals surface area contributed by atoms with Crippen LogP contribution in [-0.2, 0) is 93.3 Å². The van der Waals surface area contributed by atoms with Gasteiger partial charge < -0.3 is 67.1 Å². The molecule has 11 heterocycles. The van der Waals surface area contributed by atoms with Crippen LogP contribution in [0.4, 0.5) is 0 Å². The third-order valence-electron chi connectivity index (χ3n) is 28.6. The smallest absolute Gasteiger partial charge is 0.352 e. The minimum absolute atomic E-state index is 0.0418. The van der Waals surface area contributed by atoms with E-state index in [1.54, 1.807) is 52.7 Å². The van der Waals surface area contributed by atoms with Crippen LogP contribution in [0.25, 0.3) is 66.1 Å². The molecule has 0 saturated heterocycles. The molecule has 3 amide bonds. The fourth-order valence-corrected chi connectivity index (χ4v) is 22.2. The van der Waals surface area contributed by atoms with Gasteiger partial charge in [0.15, 0.2) is 0 Å². The Hall–Kier alpha value is -14.1. The van der Waals surface area contributed by atoms with Gasteiger partial charge in [-0.3, -0.25) is 28.4 Å². The number of aryl methyl sites for hydroxylation is 19. The van der Waals surface area contributed by atoms with E-state index < -0.39 is 17.9 Å². The normalized spacial score (nSPS) is 13.2. The average Bonchev–Trinajstić information content (AvgIpc) is 1.55. The molecule has 0 unspecified atom stereocenters. The predicted molar refractivity (Wildman–Crippen MR) is 571 cm³/mol. The lowest BCUT2D eigenvalue weighted by Crippen LogP contribution is -2.31. The van der Waals surface area contributed by atoms with E-state index in [9.17, 15) is 44.1 Å². The fraction of sp³-hybridized carbons (Fsp3) is 0.330. The van der Waals surface area contributed by atoms with E-state index >= 15 is 0 Å². The highest BCUT2D eigenvalue weighted by molar-refractivity contribution is 6.35. The average molecular weight is 2030 g/mol. The van der Waals surface area contributed by atoms with Crippen LogP contribution in [0.1, 0.15) is 208 Å². The van der Waals surface area contributed by atoms with Gasteiger partial charge in [0.2, 0.25) is 0 Å². The van der Waals surface area contributed by atoms with Crippen molar-refractivity contribution in [3.05, 3.63) is 325 Å². The maximum atomic E-state index is 14.8. The van der Waals surface area contributed by atoms with Crippen LogP contribution in [0.3, 0.4) is 0 Å². The minimum atomic E-state index is -0.994. The Kier molecular flexibility index (Phi) is 30.4. The lowest BCUT2D eigenvalue weighted by atomic mass is 9.98. The molecule has 0 aliphatic carbocycles. The second-order valence-electron chi connectivity index (χ2n) is 38.7. The summed E-state index contributed by atoms with van der Waals surface area (Å²) in [5.41, 5.74) is 30.0. The van der Waals surface area contributed by atoms with Crippen molar-refractivity contribution < 1.29 is 58.3 Å². The molecule has 16 aromatic rings. The summed E-state index contributed by atoms with van der Waals surface area (Å²) >= 11 is 26.1. The van der Waals surface area contributed by atoms with E-state index in [0.29, 0.717) is 139 Å². The SMILES string of the molecule is Cc1cc(OCCCc2c3n(c4c(-c5c(C)nn(C)c5C)c(Cl)ccc24)CCCN(Cc2cccc(C(=O)O)c2)C3=O)cc(C)c1Cl.Cc1cc(OCCCc2c3n(c4c(-c5c(C)nn(C)c5C)cccc24)CCCN(Cc2cc(C(=O)O)n(C)c2)C3=O)cc(C)c1Cl.Cc1cc(OCCCc2c3n(c4c(-c5c(C)nn(C)c5C)cccc24)CCCN(Cc2cc(C(=O)O)n(Cc4ccccc4)c2)C3=O)cc(C)c1Cl. The molecule has 19 rings (SSSR count). The topological polar surface area (TPSA) is 279 Å². The molecule has 0 fully saturated rings. The maximum absolute atomic E-state index is 14.8. The lowest BCUT2D eigenvalue weighted by Gasteiger charge is -2.21. The molecule has 3 aliphatic rings. The van der Waals surface area contributed by atoms with E-state index in [-0.39, 0.29) is 34.7 Å². The van der Waals surface area contributed by atoms with Crippen molar-refractivity contribution in [2.45, 2.75) is 187 Å². The number of para-hydroxylation sites is 2. The second-order valence-corrected chi connectivity index (χ2v) is 40.2. The molecule has 0 bridgehead atoms. The molecule has 145 heavy (non-hydrogen) atoms. The standard InChI is InChI=1S/C42H44ClN5O4.C37H38Cl2N4O4.C36H40ClN5O4/c1-26-20-32(21-27(2)38(26)43)52-19-10-16-34-33-14-9-15-35(37-28(3)44-45(5)29(37)4)39(33)48-18-11-17-46(41(49)40(34)48)24-31-22-36(42(50)51)47(25-31)23-30-12-7-6-8-13-30;1-21-17-27(18-22(2)33(21)39)47-16-7-11-28-29-12-13-30(38)32(31-23(3)40-41(5)24(31)4)34(29)43-15-8-14-42(36(44)35(28)43)20-25-9-6-10-26(19-25)37(45)46;1-21-16-26(17-22(2)32(21)37)46-15-8-12-28-27-10-7-11-29(31-23(3)38-40(6)24(31)4)33(27)42-14-9-13-41(35(43)34(28)42)20-25-18-30(36(44)45)39(5)19-25/h6-9,12-15,20-22,25H,10-11,16-19,23-24H2,1-5H3,(H,50,51);6,9-10,12-13,17-19H,7-8,11,14-16,20H2,1-5H3,(H,45,46);7,10-11,16-19H,8-9,12-15,20H2,1-6H3,(H,44,45). The van der Waals surface area contributed by atoms with Crippen LogP contribution in [-0.4, -0.2) is 157 Å². The monoisotopic (exact) mass is 2030 g/mol. The number of nitrogens with zero attached hydrogens (tertiary/aromatic N) is 14. The van der Waals surface area contributed by atoms with Crippen molar-refractivity contribution in [2.75, 3.05) is 39.5 Å². The van der Waals surface area contributed by atoms with E-state index in [4.69, 9.17) is 70.8 Å². The number of ether oxygens (including phenoxy) is 3. The Labute approximate surface area is 863 Å². The van der Waals surface area contributed by atoms with Crippen LogP contribution in [0.5, 0.6) is 17.2 Å². The number of amides is 3. The molecule has 752 valence electrons. The summed E-state index contributed by atoms with van der Waals surface area (Å²) in [4.78, 5) is 85.1. The Balaban J connectivity index is 0.000000149. The Bertz CT molecular complexity index is 7720. The van der Waals surface area contributed by atoms with Crippen LogP contribution < -0.4 is 14.2 Å². The third kappa shape index (κ3) is 20.8. The number of aromatic carboxylic acids is 3. The van der Waals surface area contributed by atoms with E-state index in [1.165, 1.54) is 0 Å². The molecule has 3 aliphatic heterocycles. The van der Waals surface area contributed by atoms with E-state index in [0.717, 1.165) is 231 Å². The van der Waals surface area contributed by atoms with Crippen LogP contribution in [0.15, 0.2) is 164 Å². The molecule has 0 saturated carbocycles. The molecular weight excluding hydrogens is 1910 g/mol. The fourth-order valence-electron chi connectivity index (χ4n) is 21.6. The van der Waals surface area contributed by atoms with Gasteiger partial charge in [-0.05, 0) is 280 Å². The zero-order valence-corrected chi connectivity index (χ0v) is 88.0. The van der Waals surface area contributed by atoms with Crippen molar-refractivity contribution in [2.24, 2.45) is 28.2 Å². The number of hydrogen-bond acceptors (Lipinski definition) is 12. The first-order chi connectivity index (χ1) is 69.4. The molecule has 26 nitrogen and oxygen atoms in total. The summed E-state index contributed by atoms with van der Waals surface area (Å²) in [6, 6.07) is 48.3. The molecule has 0 spiro atoms. The van der Waals surface area contributed by atoms with Gasteiger partial charge >= 0.3 is 17.9 Å². The van der Waals surface area contributed by atoms with Crippen molar-refractivity contribution >= 4 is 115 Å². The molecule has 0 radical (unpaired) electrons. The van der Waals surface area contributed by atoms with Gasteiger partial charge in [-0.2, -0.15) is 15.3 Å². The second kappa shape index (κ2) is 43.1. The first kappa shape index (κ1) is 102. The van der Waals surface area contributed by atoms with E-state index in [1.807, 2.05) is 210 Å². The summed E-state index contributed by atoms with van der Waals surface area (Å²) in [6.07, 6.45) is 9.96. The predicted octanol–water partition coefficient (Wildman–Crippen LogP) is 23.9. The number of carbonyl (C=O) groups is 6. The molecule has 30 heteroatoms. The number of fused-ring (bicyclic) bond motifs is 9. The van der Waals surface area contributed by atoms with Crippen molar-refractivity contribution in [3.8, 4) is 50.6 Å². The summed E-state index contributed by atoms with van der Waals surface area (Å²) < 4.78 is 34.2.